The maximum absolute atomic E-state index is 13.2. The van der Waals surface area contributed by atoms with Gasteiger partial charge in [-0.2, -0.15) is 0 Å². The zero-order chi connectivity index (χ0) is 43.9. The van der Waals surface area contributed by atoms with Gasteiger partial charge in [0.05, 0.1) is 47.4 Å². The number of amides is 1. The normalized spacial score (nSPS) is 14.3. The summed E-state index contributed by atoms with van der Waals surface area (Å²) in [7, 11) is 1.12. The van der Waals surface area contributed by atoms with E-state index < -0.39 is 11.0 Å². The molecule has 0 saturated carbocycles. The molecule has 1 amide bonds. The van der Waals surface area contributed by atoms with Gasteiger partial charge >= 0.3 is 0 Å². The van der Waals surface area contributed by atoms with E-state index in [9.17, 15) is 13.8 Å². The largest absolute Gasteiger partial charge is 0.354 e. The number of nitrogens with zero attached hydrogens (tertiary/aromatic N) is 4. The lowest BCUT2D eigenvalue weighted by Gasteiger charge is -2.29. The molecule has 2 aromatic heterocycles. The molecule has 4 aromatic carbocycles. The smallest absolute Gasteiger partial charge is 0.241 e. The molecule has 0 spiro atoms. The summed E-state index contributed by atoms with van der Waals surface area (Å²) in [5, 5.41) is 3.17. The first-order valence-electron chi connectivity index (χ1n) is 21.4. The summed E-state index contributed by atoms with van der Waals surface area (Å²) in [6, 6.07) is 38.7. The number of hydrogen-bond donors (Lipinski definition) is 4. The Morgan fingerprint density at radius 2 is 1.40 bits per heavy atom. The summed E-state index contributed by atoms with van der Waals surface area (Å²) in [5.41, 5.74) is 7.19. The van der Waals surface area contributed by atoms with E-state index in [2.05, 4.69) is 109 Å². The SMILES string of the molecule is CCN(CC)C(C(=O)NCCCCc1ncc(-c2ccc(C#Cc3ccc(-c4cnc(C5CCCN5C)[nH]4)cc3)cc2)[nH]1)c1ccccc1.CS(=O)NCC=O.c1ccccc1. The molecule has 1 saturated heterocycles. The van der Waals surface area contributed by atoms with Crippen molar-refractivity contribution in [2.45, 2.75) is 58.0 Å². The Bertz CT molecular complexity index is 2270. The van der Waals surface area contributed by atoms with Crippen LogP contribution in [0, 0.1) is 11.8 Å². The zero-order valence-corrected chi connectivity index (χ0v) is 37.2. The van der Waals surface area contributed by atoms with Crippen molar-refractivity contribution >= 4 is 23.2 Å². The summed E-state index contributed by atoms with van der Waals surface area (Å²) in [6.07, 6.45) is 11.0. The first-order chi connectivity index (χ1) is 30.3. The highest BCUT2D eigenvalue weighted by Crippen LogP contribution is 2.30. The van der Waals surface area contributed by atoms with E-state index in [0.29, 0.717) is 18.9 Å². The van der Waals surface area contributed by atoms with Gasteiger partial charge in [-0.25, -0.2) is 18.9 Å². The van der Waals surface area contributed by atoms with Crippen LogP contribution in [0.1, 0.15) is 80.0 Å². The lowest BCUT2D eigenvalue weighted by atomic mass is 10.0. The summed E-state index contributed by atoms with van der Waals surface area (Å²) in [5.74, 6) is 8.65. The summed E-state index contributed by atoms with van der Waals surface area (Å²) < 4.78 is 12.4. The molecule has 0 aliphatic carbocycles. The van der Waals surface area contributed by atoms with Gasteiger partial charge in [0.1, 0.15) is 24.0 Å². The van der Waals surface area contributed by atoms with Gasteiger partial charge in [0, 0.05) is 30.3 Å². The standard InChI is InChI=1S/C41H47N7O.C6H6.C3H7NO2S/c1-4-48(5-2)39(34-12-7-6-8-13-34)41(49)42-26-10-9-15-38-43-28-35(45-38)32-22-18-30(19-23-32)16-17-31-20-24-33(25-21-31)36-29-44-40(46-36)37-14-11-27-47(37)3;1-2-4-6-5-3-1;1-7(6)4-2-3-5/h6-8,12-13,18-25,28-29,37,39H,4-5,9-11,14-15,26-27H2,1-3H3,(H,42,49)(H,43,45)(H,44,46);1-6H;3-4H,2H2,1H3. The van der Waals surface area contributed by atoms with E-state index in [1.807, 2.05) is 91.3 Å². The minimum Gasteiger partial charge on any atom is -0.354 e. The number of aromatic amines is 2. The molecule has 62 heavy (non-hydrogen) atoms. The average molecular weight is 853 g/mol. The van der Waals surface area contributed by atoms with Crippen molar-refractivity contribution < 1.29 is 13.8 Å². The molecule has 0 bridgehead atoms. The summed E-state index contributed by atoms with van der Waals surface area (Å²) in [4.78, 5) is 43.5. The maximum Gasteiger partial charge on any atom is 0.241 e. The predicted molar refractivity (Wildman–Crippen MR) is 251 cm³/mol. The number of likely N-dealkylation sites (N-methyl/N-ethyl adjacent to an activating group) is 1. The molecule has 4 N–H and O–H groups in total. The fraction of sp³-hybridized carbons (Fsp3) is 0.320. The van der Waals surface area contributed by atoms with Crippen LogP contribution in [0.4, 0.5) is 0 Å². The van der Waals surface area contributed by atoms with Crippen LogP contribution in [0.2, 0.25) is 0 Å². The number of aldehydes is 1. The number of unbranched alkanes of at least 4 members (excludes halogenated alkanes) is 1. The molecular formula is C50H60N8O3S. The van der Waals surface area contributed by atoms with Crippen LogP contribution in [-0.4, -0.2) is 92.2 Å². The second-order valence-electron chi connectivity index (χ2n) is 14.9. The number of aromatic nitrogens is 4. The van der Waals surface area contributed by atoms with E-state index in [4.69, 9.17) is 0 Å². The molecule has 3 unspecified atom stereocenters. The van der Waals surface area contributed by atoms with E-state index in [1.165, 1.54) is 12.7 Å². The Balaban J connectivity index is 0.000000481. The lowest BCUT2D eigenvalue weighted by Crippen LogP contribution is -2.40. The molecule has 1 aliphatic rings. The van der Waals surface area contributed by atoms with Crippen molar-refractivity contribution in [1.82, 2.24) is 39.8 Å². The highest BCUT2D eigenvalue weighted by atomic mass is 32.2. The van der Waals surface area contributed by atoms with E-state index in [-0.39, 0.29) is 18.5 Å². The van der Waals surface area contributed by atoms with Crippen molar-refractivity contribution in [2.24, 2.45) is 0 Å². The number of carbonyl (C=O) groups is 2. The van der Waals surface area contributed by atoms with Gasteiger partial charge in [-0.3, -0.25) is 14.6 Å². The second kappa shape index (κ2) is 25.7. The number of H-pyrrole nitrogens is 2. The van der Waals surface area contributed by atoms with Gasteiger partial charge in [-0.05, 0) is 93.3 Å². The summed E-state index contributed by atoms with van der Waals surface area (Å²) in [6.45, 7) is 7.78. The Morgan fingerprint density at radius 1 is 0.839 bits per heavy atom. The molecule has 1 aliphatic heterocycles. The molecule has 324 valence electrons. The molecular weight excluding hydrogens is 793 g/mol. The number of rotatable bonds is 16. The fourth-order valence-corrected chi connectivity index (χ4v) is 7.47. The molecule has 11 nitrogen and oxygen atoms in total. The monoisotopic (exact) mass is 852 g/mol. The Labute approximate surface area is 369 Å². The third-order valence-corrected chi connectivity index (χ3v) is 11.1. The third kappa shape index (κ3) is 14.9. The zero-order valence-electron chi connectivity index (χ0n) is 36.3. The lowest BCUT2D eigenvalue weighted by molar-refractivity contribution is -0.126. The molecule has 3 atom stereocenters. The van der Waals surface area contributed by atoms with Gasteiger partial charge in [-0.15, -0.1) is 0 Å². The minimum atomic E-state index is -1.05. The topological polar surface area (TPSA) is 139 Å². The van der Waals surface area contributed by atoms with Gasteiger partial charge in [0.25, 0.3) is 0 Å². The van der Waals surface area contributed by atoms with Crippen molar-refractivity contribution in [3.63, 3.8) is 0 Å². The van der Waals surface area contributed by atoms with E-state index in [1.54, 1.807) is 0 Å². The number of likely N-dealkylation sites (tertiary alicyclic amines) is 1. The average Bonchev–Trinajstić information content (AvgIpc) is 4.10. The molecule has 3 heterocycles. The van der Waals surface area contributed by atoms with Crippen LogP contribution in [0.3, 0.4) is 0 Å². The molecule has 12 heteroatoms. The number of carbonyl (C=O) groups excluding carboxylic acids is 2. The maximum atomic E-state index is 13.2. The van der Waals surface area contributed by atoms with Crippen LogP contribution in [-0.2, 0) is 27.0 Å². The fourth-order valence-electron chi connectivity index (χ4n) is 7.17. The first kappa shape index (κ1) is 47.1. The minimum absolute atomic E-state index is 0.0626. The van der Waals surface area contributed by atoms with E-state index in [0.717, 1.165) is 96.2 Å². The van der Waals surface area contributed by atoms with Crippen molar-refractivity contribution in [3.8, 4) is 34.4 Å². The summed E-state index contributed by atoms with van der Waals surface area (Å²) >= 11 is 0. The van der Waals surface area contributed by atoms with Crippen LogP contribution in [0.25, 0.3) is 22.5 Å². The van der Waals surface area contributed by atoms with Crippen LogP contribution in [0.5, 0.6) is 0 Å². The number of benzene rings is 4. The molecule has 7 rings (SSSR count). The highest BCUT2D eigenvalue weighted by molar-refractivity contribution is 7.82. The van der Waals surface area contributed by atoms with Crippen molar-refractivity contribution in [3.05, 3.63) is 156 Å². The van der Waals surface area contributed by atoms with Crippen LogP contribution in [0.15, 0.2) is 128 Å². The first-order valence-corrected chi connectivity index (χ1v) is 22.9. The van der Waals surface area contributed by atoms with E-state index >= 15 is 0 Å². The molecule has 1 fully saturated rings. The van der Waals surface area contributed by atoms with Crippen molar-refractivity contribution in [1.29, 1.82) is 0 Å². The number of aryl methyl sites for hydroxylation is 1. The number of imidazole rings is 2. The van der Waals surface area contributed by atoms with Crippen LogP contribution < -0.4 is 10.0 Å². The van der Waals surface area contributed by atoms with Gasteiger partial charge in [0.2, 0.25) is 5.91 Å². The Morgan fingerprint density at radius 3 is 1.92 bits per heavy atom. The predicted octanol–water partition coefficient (Wildman–Crippen LogP) is 7.91. The molecule has 0 radical (unpaired) electrons. The quantitative estimate of drug-likeness (QED) is 0.0441. The van der Waals surface area contributed by atoms with Gasteiger partial charge in [-0.1, -0.05) is 117 Å². The second-order valence-corrected chi connectivity index (χ2v) is 16.1. The van der Waals surface area contributed by atoms with Crippen molar-refractivity contribution in [2.75, 3.05) is 46.0 Å². The van der Waals surface area contributed by atoms with Gasteiger partial charge < -0.3 is 20.1 Å². The van der Waals surface area contributed by atoms with Gasteiger partial charge in [0.15, 0.2) is 0 Å². The number of nitrogens with one attached hydrogen (secondary N) is 4. The Kier molecular flexibility index (Phi) is 19.5. The highest BCUT2D eigenvalue weighted by Gasteiger charge is 2.26. The molecule has 6 aromatic rings. The van der Waals surface area contributed by atoms with Crippen LogP contribution >= 0.6 is 0 Å². The number of hydrogen-bond acceptors (Lipinski definition) is 7. The Hall–Kier alpha value is -5.97. The third-order valence-electron chi connectivity index (χ3n) is 10.5.